The minimum absolute atomic E-state index is 0.241. The van der Waals surface area contributed by atoms with Gasteiger partial charge < -0.3 is 14.8 Å². The van der Waals surface area contributed by atoms with Gasteiger partial charge >= 0.3 is 5.97 Å². The molecule has 1 aliphatic rings. The van der Waals surface area contributed by atoms with E-state index in [9.17, 15) is 9.59 Å². The third kappa shape index (κ3) is 3.18. The molecule has 1 N–H and O–H groups in total. The zero-order valence-corrected chi connectivity index (χ0v) is 11.7. The Morgan fingerprint density at radius 2 is 2.10 bits per heavy atom. The molecule has 0 atom stereocenters. The Morgan fingerprint density at radius 3 is 2.80 bits per heavy atom. The first-order valence-corrected chi connectivity index (χ1v) is 6.46. The molecule has 0 aromatic heterocycles. The van der Waals surface area contributed by atoms with Crippen molar-refractivity contribution in [3.05, 3.63) is 35.2 Å². The molecule has 1 aliphatic heterocycles. The molecule has 1 amide bonds. The number of rotatable bonds is 3. The van der Waals surface area contributed by atoms with Crippen molar-refractivity contribution >= 4 is 34.5 Å². The number of nitrogens with zero attached hydrogens (tertiary/aromatic N) is 1. The zero-order valence-electron chi connectivity index (χ0n) is 10.9. The first-order chi connectivity index (χ1) is 9.63. The molecule has 7 heteroatoms. The van der Waals surface area contributed by atoms with Crippen LogP contribution in [0, 0.1) is 0 Å². The predicted molar refractivity (Wildman–Crippen MR) is 75.9 cm³/mol. The van der Waals surface area contributed by atoms with Gasteiger partial charge in [-0.25, -0.2) is 9.79 Å². The summed E-state index contributed by atoms with van der Waals surface area (Å²) >= 11 is 1.07. The van der Waals surface area contributed by atoms with E-state index in [0.717, 1.165) is 17.8 Å². The minimum Gasteiger partial charge on any atom is -0.494 e. The number of esters is 1. The van der Waals surface area contributed by atoms with Gasteiger partial charge in [0.1, 0.15) is 11.4 Å². The molecule has 2 rings (SSSR count). The highest BCUT2D eigenvalue weighted by atomic mass is 32.2. The quantitative estimate of drug-likeness (QED) is 0.676. The summed E-state index contributed by atoms with van der Waals surface area (Å²) in [7, 11) is 2.79. The molecular weight excluding hydrogens is 280 g/mol. The summed E-state index contributed by atoms with van der Waals surface area (Å²) in [5, 5.41) is 2.96. The van der Waals surface area contributed by atoms with E-state index in [2.05, 4.69) is 15.0 Å². The number of thioether (sulfide) groups is 1. The number of hydrogen-bond acceptors (Lipinski definition) is 6. The van der Waals surface area contributed by atoms with Crippen LogP contribution in [-0.2, 0) is 14.3 Å². The summed E-state index contributed by atoms with van der Waals surface area (Å²) < 4.78 is 9.66. The molecular formula is C13H12N2O4S. The molecule has 1 aromatic rings. The number of ether oxygens (including phenoxy) is 2. The van der Waals surface area contributed by atoms with Crippen LogP contribution in [0.2, 0.25) is 0 Å². The van der Waals surface area contributed by atoms with Crippen LogP contribution in [0.1, 0.15) is 0 Å². The number of carbonyl (C=O) groups is 2. The second-order valence-electron chi connectivity index (χ2n) is 3.68. The van der Waals surface area contributed by atoms with Crippen molar-refractivity contribution in [3.63, 3.8) is 0 Å². The second kappa shape index (κ2) is 6.25. The van der Waals surface area contributed by atoms with Crippen LogP contribution in [-0.4, -0.2) is 31.3 Å². The van der Waals surface area contributed by atoms with Gasteiger partial charge in [-0.2, -0.15) is 0 Å². The minimum atomic E-state index is -0.582. The van der Waals surface area contributed by atoms with Gasteiger partial charge in [-0.05, 0) is 23.9 Å². The number of para-hydroxylation sites is 2. The second-order valence-corrected chi connectivity index (χ2v) is 4.71. The SMILES string of the molecule is COC(=O)/C=C1/SC(=Nc2ccccc2OC)NC1=O. The van der Waals surface area contributed by atoms with Crippen LogP contribution in [0.5, 0.6) is 5.75 Å². The number of aliphatic imine (C=N–C) groups is 1. The normalized spacial score (nSPS) is 18.2. The molecule has 1 fully saturated rings. The maximum atomic E-state index is 11.7. The summed E-state index contributed by atoms with van der Waals surface area (Å²) in [6.45, 7) is 0. The lowest BCUT2D eigenvalue weighted by Crippen LogP contribution is -2.19. The van der Waals surface area contributed by atoms with Crippen LogP contribution in [0.4, 0.5) is 5.69 Å². The van der Waals surface area contributed by atoms with Crippen molar-refractivity contribution in [2.75, 3.05) is 14.2 Å². The van der Waals surface area contributed by atoms with Gasteiger partial charge in [-0.1, -0.05) is 12.1 Å². The molecule has 0 aliphatic carbocycles. The van der Waals surface area contributed by atoms with E-state index in [1.165, 1.54) is 7.11 Å². The van der Waals surface area contributed by atoms with Gasteiger partial charge in [0.15, 0.2) is 5.17 Å². The van der Waals surface area contributed by atoms with Gasteiger partial charge in [0.25, 0.3) is 5.91 Å². The van der Waals surface area contributed by atoms with Crippen molar-refractivity contribution in [1.29, 1.82) is 0 Å². The van der Waals surface area contributed by atoms with Crippen LogP contribution < -0.4 is 10.1 Å². The van der Waals surface area contributed by atoms with E-state index in [1.54, 1.807) is 19.2 Å². The molecule has 0 radical (unpaired) electrons. The van der Waals surface area contributed by atoms with E-state index in [4.69, 9.17) is 4.74 Å². The average molecular weight is 292 g/mol. The Kier molecular flexibility index (Phi) is 4.41. The first-order valence-electron chi connectivity index (χ1n) is 5.64. The van der Waals surface area contributed by atoms with Crippen LogP contribution in [0.15, 0.2) is 40.2 Å². The predicted octanol–water partition coefficient (Wildman–Crippen LogP) is 1.60. The third-order valence-corrected chi connectivity index (χ3v) is 3.32. The van der Waals surface area contributed by atoms with Gasteiger partial charge in [-0.3, -0.25) is 4.79 Å². The van der Waals surface area contributed by atoms with Gasteiger partial charge in [0.2, 0.25) is 0 Å². The largest absolute Gasteiger partial charge is 0.494 e. The van der Waals surface area contributed by atoms with E-state index < -0.39 is 5.97 Å². The maximum Gasteiger partial charge on any atom is 0.331 e. The fraction of sp³-hybridized carbons (Fsp3) is 0.154. The molecule has 20 heavy (non-hydrogen) atoms. The number of hydrogen-bond donors (Lipinski definition) is 1. The van der Waals surface area contributed by atoms with Gasteiger partial charge in [0, 0.05) is 6.08 Å². The number of amides is 1. The smallest absolute Gasteiger partial charge is 0.331 e. The van der Waals surface area contributed by atoms with Crippen molar-refractivity contribution in [2.45, 2.75) is 0 Å². The van der Waals surface area contributed by atoms with Crippen molar-refractivity contribution < 1.29 is 19.1 Å². The summed E-state index contributed by atoms with van der Waals surface area (Å²) in [5.41, 5.74) is 0.595. The van der Waals surface area contributed by atoms with Gasteiger partial charge in [0.05, 0.1) is 19.1 Å². The molecule has 0 bridgehead atoms. The van der Waals surface area contributed by atoms with Crippen LogP contribution in [0.3, 0.4) is 0 Å². The molecule has 6 nitrogen and oxygen atoms in total. The third-order valence-electron chi connectivity index (χ3n) is 2.41. The Hall–Kier alpha value is -2.28. The molecule has 1 heterocycles. The van der Waals surface area contributed by atoms with E-state index in [-0.39, 0.29) is 10.8 Å². The number of amidine groups is 1. The Bertz CT molecular complexity index is 610. The van der Waals surface area contributed by atoms with E-state index in [0.29, 0.717) is 16.6 Å². The summed E-state index contributed by atoms with van der Waals surface area (Å²) in [5.74, 6) is -0.365. The first kappa shape index (κ1) is 14.1. The lowest BCUT2D eigenvalue weighted by molar-refractivity contribution is -0.135. The highest BCUT2D eigenvalue weighted by molar-refractivity contribution is 8.18. The van der Waals surface area contributed by atoms with Crippen LogP contribution in [0.25, 0.3) is 0 Å². The van der Waals surface area contributed by atoms with Gasteiger partial charge in [-0.15, -0.1) is 0 Å². The number of methoxy groups -OCH3 is 2. The fourth-order valence-corrected chi connectivity index (χ4v) is 2.27. The number of carbonyl (C=O) groups excluding carboxylic acids is 2. The van der Waals surface area contributed by atoms with Crippen molar-refractivity contribution in [1.82, 2.24) is 5.32 Å². The van der Waals surface area contributed by atoms with Crippen LogP contribution >= 0.6 is 11.8 Å². The lowest BCUT2D eigenvalue weighted by Gasteiger charge is -2.03. The summed E-state index contributed by atoms with van der Waals surface area (Å²) in [4.78, 5) is 27.3. The molecule has 0 unspecified atom stereocenters. The topological polar surface area (TPSA) is 77.0 Å². The molecule has 104 valence electrons. The molecule has 0 saturated carbocycles. The van der Waals surface area contributed by atoms with E-state index >= 15 is 0 Å². The van der Waals surface area contributed by atoms with Crippen molar-refractivity contribution in [2.24, 2.45) is 4.99 Å². The van der Waals surface area contributed by atoms with E-state index in [1.807, 2.05) is 12.1 Å². The number of nitrogens with one attached hydrogen (secondary N) is 1. The summed E-state index contributed by atoms with van der Waals surface area (Å²) in [6, 6.07) is 7.17. The maximum absolute atomic E-state index is 11.7. The zero-order chi connectivity index (χ0) is 14.5. The Balaban J connectivity index is 2.24. The Labute approximate surface area is 119 Å². The standard InChI is InChI=1S/C13H12N2O4S/c1-18-9-6-4-3-5-8(9)14-13-15-12(17)10(20-13)7-11(16)19-2/h3-7H,1-2H3,(H,14,15,17)/b10-7+. The fourth-order valence-electron chi connectivity index (χ4n) is 1.48. The monoisotopic (exact) mass is 292 g/mol. The highest BCUT2D eigenvalue weighted by Gasteiger charge is 2.25. The highest BCUT2D eigenvalue weighted by Crippen LogP contribution is 2.30. The summed E-state index contributed by atoms with van der Waals surface area (Å²) in [6.07, 6.45) is 1.13. The molecule has 1 saturated heterocycles. The lowest BCUT2D eigenvalue weighted by atomic mass is 10.3. The molecule has 0 spiro atoms. The van der Waals surface area contributed by atoms with Crippen molar-refractivity contribution in [3.8, 4) is 5.75 Å². The molecule has 1 aromatic carbocycles. The Morgan fingerprint density at radius 1 is 1.35 bits per heavy atom. The average Bonchev–Trinajstić information content (AvgIpc) is 2.79. The number of benzene rings is 1.